The molecule has 0 spiro atoms. The normalized spacial score (nSPS) is 11.4. The highest BCUT2D eigenvalue weighted by molar-refractivity contribution is 6.11. The molecule has 0 N–H and O–H groups in total. The van der Waals surface area contributed by atoms with Gasteiger partial charge >= 0.3 is 0 Å². The molecule has 2 heterocycles. The molecule has 4 nitrogen and oxygen atoms in total. The first-order chi connectivity index (χ1) is 28.8. The van der Waals surface area contributed by atoms with Gasteiger partial charge in [0.1, 0.15) is 0 Å². The topological polar surface area (TPSA) is 16.3 Å². The molecule has 4 heteroatoms. The molecule has 0 unspecified atom stereocenters. The van der Waals surface area contributed by atoms with Crippen LogP contribution in [0.25, 0.3) is 55.0 Å². The Labute approximate surface area is 337 Å². The van der Waals surface area contributed by atoms with Crippen LogP contribution in [0.15, 0.2) is 231 Å². The summed E-state index contributed by atoms with van der Waals surface area (Å²) < 4.78 is 4.88. The van der Waals surface area contributed by atoms with Crippen molar-refractivity contribution in [1.29, 1.82) is 0 Å². The van der Waals surface area contributed by atoms with Gasteiger partial charge in [-0.1, -0.05) is 133 Å². The van der Waals surface area contributed by atoms with Gasteiger partial charge in [-0.25, -0.2) is 0 Å². The third-order valence-electron chi connectivity index (χ3n) is 11.2. The van der Waals surface area contributed by atoms with E-state index in [-0.39, 0.29) is 0 Å². The van der Waals surface area contributed by atoms with Crippen LogP contribution in [0.2, 0.25) is 0 Å². The molecule has 0 fully saturated rings. The summed E-state index contributed by atoms with van der Waals surface area (Å²) in [6, 6.07) is 82.9. The van der Waals surface area contributed by atoms with Gasteiger partial charge < -0.3 is 18.9 Å². The van der Waals surface area contributed by atoms with Gasteiger partial charge in [0, 0.05) is 50.0 Å². The third kappa shape index (κ3) is 5.62. The Morgan fingerprint density at radius 1 is 0.224 bits per heavy atom. The van der Waals surface area contributed by atoms with Crippen LogP contribution >= 0.6 is 0 Å². The molecular formula is C54H38N4. The van der Waals surface area contributed by atoms with E-state index in [1.807, 2.05) is 0 Å². The number of hydrogen-bond acceptors (Lipinski definition) is 2. The average molecular weight is 743 g/mol. The second-order valence-corrected chi connectivity index (χ2v) is 14.6. The molecule has 58 heavy (non-hydrogen) atoms. The molecule has 0 radical (unpaired) electrons. The molecule has 0 amide bonds. The van der Waals surface area contributed by atoms with Gasteiger partial charge in [-0.15, -0.1) is 0 Å². The Morgan fingerprint density at radius 2 is 0.552 bits per heavy atom. The maximum Gasteiger partial charge on any atom is 0.0561 e. The lowest BCUT2D eigenvalue weighted by atomic mass is 10.1. The van der Waals surface area contributed by atoms with Crippen LogP contribution in [0.1, 0.15) is 0 Å². The third-order valence-corrected chi connectivity index (χ3v) is 11.2. The summed E-state index contributed by atoms with van der Waals surface area (Å²) in [5, 5.41) is 4.88. The summed E-state index contributed by atoms with van der Waals surface area (Å²) in [5.41, 5.74) is 13.3. The zero-order valence-corrected chi connectivity index (χ0v) is 31.7. The minimum absolute atomic E-state index is 1.06. The van der Waals surface area contributed by atoms with E-state index in [9.17, 15) is 0 Å². The van der Waals surface area contributed by atoms with Crippen LogP contribution in [0, 0.1) is 0 Å². The van der Waals surface area contributed by atoms with E-state index in [1.165, 1.54) is 32.6 Å². The fourth-order valence-corrected chi connectivity index (χ4v) is 8.75. The van der Waals surface area contributed by atoms with Gasteiger partial charge in [-0.2, -0.15) is 0 Å². The molecule has 0 aliphatic carbocycles. The molecule has 0 aliphatic rings. The van der Waals surface area contributed by atoms with Crippen LogP contribution in [0.4, 0.5) is 34.1 Å². The second kappa shape index (κ2) is 14.0. The van der Waals surface area contributed by atoms with Crippen molar-refractivity contribution in [1.82, 2.24) is 9.13 Å². The van der Waals surface area contributed by atoms with Crippen molar-refractivity contribution in [2.75, 3.05) is 9.80 Å². The molecule has 11 rings (SSSR count). The highest BCUT2D eigenvalue weighted by Gasteiger charge is 2.21. The van der Waals surface area contributed by atoms with Crippen LogP contribution in [-0.4, -0.2) is 9.13 Å². The minimum atomic E-state index is 1.06. The van der Waals surface area contributed by atoms with E-state index in [4.69, 9.17) is 0 Å². The predicted octanol–water partition coefficient (Wildman–Crippen LogP) is 14.8. The molecule has 9 aromatic carbocycles. The number of rotatable bonds is 8. The van der Waals surface area contributed by atoms with Crippen LogP contribution < -0.4 is 9.80 Å². The van der Waals surface area contributed by atoms with Crippen molar-refractivity contribution in [2.24, 2.45) is 0 Å². The van der Waals surface area contributed by atoms with Gasteiger partial charge in [0.05, 0.1) is 39.1 Å². The standard InChI is InChI=1S/C54H38N4/c1-5-19-39(20-6-1)55(40-21-7-2-8-22-40)43-33-34-50-49-29-15-18-32-53(49)58(54(50)38-43)46-36-44(56(41-23-9-3-10-24-41)42-25-11-4-12-26-42)35-45(37-46)57-51-30-16-13-27-47(51)48-28-14-17-31-52(48)57/h1-38H. The molecule has 0 saturated heterocycles. The Bertz CT molecular complexity index is 3090. The van der Waals surface area contributed by atoms with Crippen molar-refractivity contribution in [3.63, 3.8) is 0 Å². The molecule has 0 atom stereocenters. The zero-order chi connectivity index (χ0) is 38.4. The lowest BCUT2D eigenvalue weighted by molar-refractivity contribution is 1.12. The monoisotopic (exact) mass is 742 g/mol. The van der Waals surface area contributed by atoms with Crippen molar-refractivity contribution in [3.05, 3.63) is 231 Å². The summed E-state index contributed by atoms with van der Waals surface area (Å²) in [5.74, 6) is 0. The fraction of sp³-hybridized carbons (Fsp3) is 0. The van der Waals surface area contributed by atoms with Gasteiger partial charge in [0.2, 0.25) is 0 Å². The maximum absolute atomic E-state index is 2.46. The summed E-state index contributed by atoms with van der Waals surface area (Å²) in [7, 11) is 0. The van der Waals surface area contributed by atoms with Crippen molar-refractivity contribution in [3.8, 4) is 11.4 Å². The summed E-state index contributed by atoms with van der Waals surface area (Å²) in [6.07, 6.45) is 0. The highest BCUT2D eigenvalue weighted by Crippen LogP contribution is 2.43. The number of aromatic nitrogens is 2. The Balaban J connectivity index is 1.23. The highest BCUT2D eigenvalue weighted by atomic mass is 15.2. The quantitative estimate of drug-likeness (QED) is 0.154. The van der Waals surface area contributed by atoms with E-state index in [0.717, 1.165) is 56.5 Å². The first-order valence-electron chi connectivity index (χ1n) is 19.8. The van der Waals surface area contributed by atoms with Gasteiger partial charge in [0.25, 0.3) is 0 Å². The Hall–Kier alpha value is -7.82. The van der Waals surface area contributed by atoms with Crippen molar-refractivity contribution in [2.45, 2.75) is 0 Å². The van der Waals surface area contributed by atoms with Gasteiger partial charge in [-0.05, 0) is 97.1 Å². The molecule has 0 saturated carbocycles. The van der Waals surface area contributed by atoms with Crippen LogP contribution in [0.3, 0.4) is 0 Å². The van der Waals surface area contributed by atoms with E-state index >= 15 is 0 Å². The lowest BCUT2D eigenvalue weighted by Gasteiger charge is -2.27. The van der Waals surface area contributed by atoms with Gasteiger partial charge in [0.15, 0.2) is 0 Å². The molecule has 274 valence electrons. The summed E-state index contributed by atoms with van der Waals surface area (Å²) in [6.45, 7) is 0. The number of hydrogen-bond donors (Lipinski definition) is 0. The molecular weight excluding hydrogens is 705 g/mol. The Morgan fingerprint density at radius 3 is 0.966 bits per heavy atom. The van der Waals surface area contributed by atoms with Crippen LogP contribution in [0.5, 0.6) is 0 Å². The molecule has 0 bridgehead atoms. The Kier molecular flexibility index (Phi) is 8.11. The summed E-state index contributed by atoms with van der Waals surface area (Å²) >= 11 is 0. The van der Waals surface area contributed by atoms with Crippen molar-refractivity contribution < 1.29 is 0 Å². The zero-order valence-electron chi connectivity index (χ0n) is 31.7. The fourth-order valence-electron chi connectivity index (χ4n) is 8.75. The van der Waals surface area contributed by atoms with E-state index in [1.54, 1.807) is 0 Å². The second-order valence-electron chi connectivity index (χ2n) is 14.6. The van der Waals surface area contributed by atoms with Gasteiger partial charge in [-0.3, -0.25) is 0 Å². The number of para-hydroxylation sites is 7. The first kappa shape index (κ1) is 33.5. The first-order valence-corrected chi connectivity index (χ1v) is 19.8. The summed E-state index contributed by atoms with van der Waals surface area (Å²) in [4.78, 5) is 4.71. The minimum Gasteiger partial charge on any atom is -0.310 e. The lowest BCUT2D eigenvalue weighted by Crippen LogP contribution is -2.12. The van der Waals surface area contributed by atoms with Crippen molar-refractivity contribution >= 4 is 77.7 Å². The van der Waals surface area contributed by atoms with E-state index in [2.05, 4.69) is 249 Å². The molecule has 0 aliphatic heterocycles. The number of anilines is 6. The number of nitrogens with zero attached hydrogens (tertiary/aromatic N) is 4. The van der Waals surface area contributed by atoms with E-state index < -0.39 is 0 Å². The SMILES string of the molecule is c1ccc(N(c2ccccc2)c2cc(-n3c4ccccc4c4ccccc43)cc(-n3c4ccccc4c4ccc(N(c5ccccc5)c5ccccc5)cc43)c2)cc1. The maximum atomic E-state index is 2.46. The smallest absolute Gasteiger partial charge is 0.0561 e. The molecule has 2 aromatic heterocycles. The van der Waals surface area contributed by atoms with E-state index in [0.29, 0.717) is 0 Å². The predicted molar refractivity (Wildman–Crippen MR) is 244 cm³/mol. The van der Waals surface area contributed by atoms with Crippen LogP contribution in [-0.2, 0) is 0 Å². The average Bonchev–Trinajstić information content (AvgIpc) is 3.81. The number of fused-ring (bicyclic) bond motifs is 6. The number of benzene rings is 9. The largest absolute Gasteiger partial charge is 0.310 e. The molecule has 11 aromatic rings.